The van der Waals surface area contributed by atoms with Crippen LogP contribution in [0.4, 0.5) is 4.39 Å². The Kier molecular flexibility index (Phi) is 6.26. The van der Waals surface area contributed by atoms with E-state index in [1.54, 1.807) is 0 Å². The number of nitrogens with two attached hydrogens (primary N) is 1. The van der Waals surface area contributed by atoms with Crippen molar-refractivity contribution in [1.29, 1.82) is 0 Å². The summed E-state index contributed by atoms with van der Waals surface area (Å²) >= 11 is 3.39. The third kappa shape index (κ3) is 5.04. The van der Waals surface area contributed by atoms with Crippen molar-refractivity contribution in [2.75, 3.05) is 13.6 Å². The maximum atomic E-state index is 13.0. The van der Waals surface area contributed by atoms with E-state index in [4.69, 9.17) is 5.73 Å². The SMILES string of the molecule is CC(C)C(N)CCN(C)Cc1ccc(F)cc1Br. The highest BCUT2D eigenvalue weighted by molar-refractivity contribution is 9.10. The van der Waals surface area contributed by atoms with Crippen LogP contribution in [-0.2, 0) is 6.54 Å². The van der Waals surface area contributed by atoms with Gasteiger partial charge in [-0.25, -0.2) is 4.39 Å². The highest BCUT2D eigenvalue weighted by Gasteiger charge is 2.10. The third-order valence-electron chi connectivity index (χ3n) is 3.16. The van der Waals surface area contributed by atoms with E-state index in [0.717, 1.165) is 29.5 Å². The summed E-state index contributed by atoms with van der Waals surface area (Å²) in [6, 6.07) is 5.05. The molecule has 0 fully saturated rings. The van der Waals surface area contributed by atoms with Crippen molar-refractivity contribution < 1.29 is 4.39 Å². The first-order valence-corrected chi connectivity index (χ1v) is 7.07. The second-order valence-electron chi connectivity index (χ2n) is 5.17. The Labute approximate surface area is 117 Å². The maximum absolute atomic E-state index is 13.0. The van der Waals surface area contributed by atoms with Gasteiger partial charge >= 0.3 is 0 Å². The lowest BCUT2D eigenvalue weighted by Gasteiger charge is -2.21. The van der Waals surface area contributed by atoms with Crippen molar-refractivity contribution >= 4 is 15.9 Å². The molecule has 2 N–H and O–H groups in total. The Bertz CT molecular complexity index is 382. The van der Waals surface area contributed by atoms with E-state index < -0.39 is 0 Å². The molecule has 0 bridgehead atoms. The Hall–Kier alpha value is -0.450. The molecule has 18 heavy (non-hydrogen) atoms. The van der Waals surface area contributed by atoms with Crippen LogP contribution in [-0.4, -0.2) is 24.5 Å². The normalized spacial score (nSPS) is 13.3. The molecule has 0 radical (unpaired) electrons. The van der Waals surface area contributed by atoms with Gasteiger partial charge in [0.15, 0.2) is 0 Å². The average Bonchev–Trinajstić information content (AvgIpc) is 2.29. The molecule has 4 heteroatoms. The third-order valence-corrected chi connectivity index (χ3v) is 3.89. The number of hydrogen-bond acceptors (Lipinski definition) is 2. The van der Waals surface area contributed by atoms with Gasteiger partial charge in [-0.3, -0.25) is 0 Å². The number of rotatable bonds is 6. The first-order chi connectivity index (χ1) is 8.40. The Morgan fingerprint density at radius 2 is 2.06 bits per heavy atom. The van der Waals surface area contributed by atoms with Gasteiger partial charge in [0.05, 0.1) is 0 Å². The number of hydrogen-bond donors (Lipinski definition) is 1. The molecule has 0 saturated heterocycles. The second kappa shape index (κ2) is 7.22. The smallest absolute Gasteiger partial charge is 0.124 e. The topological polar surface area (TPSA) is 29.3 Å². The summed E-state index contributed by atoms with van der Waals surface area (Å²) in [5.41, 5.74) is 7.12. The van der Waals surface area contributed by atoms with Crippen LogP contribution < -0.4 is 5.73 Å². The van der Waals surface area contributed by atoms with Gasteiger partial charge in [0.2, 0.25) is 0 Å². The predicted molar refractivity (Wildman–Crippen MR) is 77.9 cm³/mol. The molecule has 1 unspecified atom stereocenters. The minimum absolute atomic E-state index is 0.213. The molecule has 0 saturated carbocycles. The zero-order chi connectivity index (χ0) is 13.7. The molecule has 1 rings (SSSR count). The highest BCUT2D eigenvalue weighted by atomic mass is 79.9. The minimum Gasteiger partial charge on any atom is -0.327 e. The molecule has 0 amide bonds. The van der Waals surface area contributed by atoms with Crippen molar-refractivity contribution in [3.8, 4) is 0 Å². The fraction of sp³-hybridized carbons (Fsp3) is 0.571. The zero-order valence-electron chi connectivity index (χ0n) is 11.3. The van der Waals surface area contributed by atoms with Gasteiger partial charge in [0.1, 0.15) is 5.82 Å². The number of halogens is 2. The molecule has 1 aromatic rings. The van der Waals surface area contributed by atoms with Crippen LogP contribution in [0.15, 0.2) is 22.7 Å². The van der Waals surface area contributed by atoms with E-state index in [1.165, 1.54) is 12.1 Å². The minimum atomic E-state index is -0.213. The van der Waals surface area contributed by atoms with Crippen LogP contribution >= 0.6 is 15.9 Å². The lowest BCUT2D eigenvalue weighted by Crippen LogP contribution is -2.31. The molecular formula is C14H22BrFN2. The van der Waals surface area contributed by atoms with E-state index >= 15 is 0 Å². The first-order valence-electron chi connectivity index (χ1n) is 6.28. The lowest BCUT2D eigenvalue weighted by atomic mass is 10.0. The van der Waals surface area contributed by atoms with Crippen molar-refractivity contribution in [2.45, 2.75) is 32.9 Å². The van der Waals surface area contributed by atoms with E-state index in [1.807, 2.05) is 6.07 Å². The quantitative estimate of drug-likeness (QED) is 0.871. The molecule has 1 aromatic carbocycles. The summed E-state index contributed by atoms with van der Waals surface area (Å²) in [5, 5.41) is 0. The van der Waals surface area contributed by atoms with Gasteiger partial charge < -0.3 is 10.6 Å². The number of benzene rings is 1. The Balaban J connectivity index is 2.47. The van der Waals surface area contributed by atoms with E-state index in [9.17, 15) is 4.39 Å². The van der Waals surface area contributed by atoms with E-state index in [0.29, 0.717) is 5.92 Å². The second-order valence-corrected chi connectivity index (χ2v) is 6.02. The van der Waals surface area contributed by atoms with Gasteiger partial charge in [0.25, 0.3) is 0 Å². The van der Waals surface area contributed by atoms with Crippen LogP contribution in [0.2, 0.25) is 0 Å². The fourth-order valence-electron chi connectivity index (χ4n) is 1.72. The van der Waals surface area contributed by atoms with Crippen molar-refractivity contribution in [3.63, 3.8) is 0 Å². The standard InChI is InChI=1S/C14H22BrFN2/c1-10(2)14(17)6-7-18(3)9-11-4-5-12(16)8-13(11)15/h4-5,8,10,14H,6-7,9,17H2,1-3H3. The Morgan fingerprint density at radius 1 is 1.39 bits per heavy atom. The molecule has 2 nitrogen and oxygen atoms in total. The van der Waals surface area contributed by atoms with Crippen molar-refractivity contribution in [2.24, 2.45) is 11.7 Å². The summed E-state index contributed by atoms with van der Waals surface area (Å²) in [4.78, 5) is 2.21. The monoisotopic (exact) mass is 316 g/mol. The fourth-order valence-corrected chi connectivity index (χ4v) is 2.20. The molecule has 0 spiro atoms. The molecular weight excluding hydrogens is 295 g/mol. The van der Waals surface area contributed by atoms with Crippen LogP contribution in [0.1, 0.15) is 25.8 Å². The molecule has 0 heterocycles. The summed E-state index contributed by atoms with van der Waals surface area (Å²) in [7, 11) is 2.06. The summed E-state index contributed by atoms with van der Waals surface area (Å²) < 4.78 is 13.8. The molecule has 0 aromatic heterocycles. The molecule has 0 aliphatic heterocycles. The summed E-state index contributed by atoms with van der Waals surface area (Å²) in [5.74, 6) is 0.297. The molecule has 102 valence electrons. The molecule has 1 atom stereocenters. The van der Waals surface area contributed by atoms with Gasteiger partial charge in [-0.05, 0) is 43.6 Å². The maximum Gasteiger partial charge on any atom is 0.124 e. The van der Waals surface area contributed by atoms with Crippen molar-refractivity contribution in [1.82, 2.24) is 4.90 Å². The van der Waals surface area contributed by atoms with Gasteiger partial charge in [-0.1, -0.05) is 35.8 Å². The van der Waals surface area contributed by atoms with Crippen LogP contribution in [0.5, 0.6) is 0 Å². The van der Waals surface area contributed by atoms with Crippen LogP contribution in [0.3, 0.4) is 0 Å². The van der Waals surface area contributed by atoms with E-state index in [-0.39, 0.29) is 11.9 Å². The predicted octanol–water partition coefficient (Wildman–Crippen LogP) is 3.39. The first kappa shape index (κ1) is 15.6. The Morgan fingerprint density at radius 3 is 2.61 bits per heavy atom. The summed E-state index contributed by atoms with van der Waals surface area (Å²) in [6.07, 6.45) is 0.979. The molecule has 0 aliphatic carbocycles. The highest BCUT2D eigenvalue weighted by Crippen LogP contribution is 2.19. The van der Waals surface area contributed by atoms with Gasteiger partial charge in [0, 0.05) is 17.1 Å². The van der Waals surface area contributed by atoms with Gasteiger partial charge in [-0.2, -0.15) is 0 Å². The van der Waals surface area contributed by atoms with Crippen molar-refractivity contribution in [3.05, 3.63) is 34.1 Å². The molecule has 0 aliphatic rings. The van der Waals surface area contributed by atoms with E-state index in [2.05, 4.69) is 41.7 Å². The lowest BCUT2D eigenvalue weighted by molar-refractivity contribution is 0.296. The van der Waals surface area contributed by atoms with Gasteiger partial charge in [-0.15, -0.1) is 0 Å². The number of nitrogens with zero attached hydrogens (tertiary/aromatic N) is 1. The summed E-state index contributed by atoms with van der Waals surface area (Å²) in [6.45, 7) is 6.03. The largest absolute Gasteiger partial charge is 0.327 e. The zero-order valence-corrected chi connectivity index (χ0v) is 12.9. The van der Waals surface area contributed by atoms with Crippen LogP contribution in [0.25, 0.3) is 0 Å². The van der Waals surface area contributed by atoms with Crippen LogP contribution in [0, 0.1) is 11.7 Å². The average molecular weight is 317 g/mol.